The first-order valence-corrected chi connectivity index (χ1v) is 9.86. The van der Waals surface area contributed by atoms with Gasteiger partial charge in [0.1, 0.15) is 5.78 Å². The van der Waals surface area contributed by atoms with Gasteiger partial charge >= 0.3 is 5.97 Å². The van der Waals surface area contributed by atoms with Gasteiger partial charge < -0.3 is 14.5 Å². The van der Waals surface area contributed by atoms with Gasteiger partial charge in [0.05, 0.1) is 12.5 Å². The van der Waals surface area contributed by atoms with Crippen molar-refractivity contribution in [2.45, 2.75) is 39.0 Å². The minimum Gasteiger partial charge on any atom is -0.466 e. The van der Waals surface area contributed by atoms with E-state index in [-0.39, 0.29) is 35.9 Å². The zero-order valence-electron chi connectivity index (χ0n) is 16.1. The Morgan fingerprint density at radius 1 is 1.11 bits per heavy atom. The Balaban J connectivity index is 1.74. The van der Waals surface area contributed by atoms with Crippen LogP contribution >= 0.6 is 0 Å². The summed E-state index contributed by atoms with van der Waals surface area (Å²) in [4.78, 5) is 40.7. The van der Waals surface area contributed by atoms with Crippen molar-refractivity contribution in [1.82, 2.24) is 4.90 Å². The molecule has 2 fully saturated rings. The second kappa shape index (κ2) is 8.55. The second-order valence-electron chi connectivity index (χ2n) is 7.19. The summed E-state index contributed by atoms with van der Waals surface area (Å²) in [6.45, 7) is 6.91. The fourth-order valence-electron chi connectivity index (χ4n) is 4.12. The maximum absolute atomic E-state index is 12.6. The lowest BCUT2D eigenvalue weighted by molar-refractivity contribution is -0.148. The van der Waals surface area contributed by atoms with Crippen LogP contribution in [0.4, 0.5) is 5.69 Å². The maximum Gasteiger partial charge on any atom is 0.309 e. The Kier molecular flexibility index (Phi) is 6.14. The predicted molar refractivity (Wildman–Crippen MR) is 103 cm³/mol. The molecule has 1 heterocycles. The third-order valence-electron chi connectivity index (χ3n) is 5.56. The number of esters is 1. The number of anilines is 1. The highest BCUT2D eigenvalue weighted by Gasteiger charge is 2.39. The number of ether oxygens (including phenoxy) is 1. The molecule has 1 saturated carbocycles. The summed E-state index contributed by atoms with van der Waals surface area (Å²) in [5, 5.41) is 0. The number of carbonyl (C=O) groups excluding carboxylic acids is 3. The second-order valence-corrected chi connectivity index (χ2v) is 7.19. The lowest BCUT2D eigenvalue weighted by atomic mass is 9.93. The van der Waals surface area contributed by atoms with Crippen molar-refractivity contribution >= 4 is 23.3 Å². The first kappa shape index (κ1) is 19.4. The summed E-state index contributed by atoms with van der Waals surface area (Å²) in [7, 11) is 0. The highest BCUT2D eigenvalue weighted by molar-refractivity contribution is 5.94. The maximum atomic E-state index is 12.6. The van der Waals surface area contributed by atoms with Crippen molar-refractivity contribution in [3.8, 4) is 0 Å². The van der Waals surface area contributed by atoms with Crippen LogP contribution in [0.25, 0.3) is 0 Å². The Morgan fingerprint density at radius 3 is 2.48 bits per heavy atom. The molecule has 2 atom stereocenters. The average molecular weight is 372 g/mol. The molecular weight excluding hydrogens is 344 g/mol. The molecule has 0 bridgehead atoms. The fourth-order valence-corrected chi connectivity index (χ4v) is 4.12. The normalized spacial score (nSPS) is 22.8. The summed E-state index contributed by atoms with van der Waals surface area (Å²) >= 11 is 0. The third kappa shape index (κ3) is 4.15. The van der Waals surface area contributed by atoms with Gasteiger partial charge in [-0.25, -0.2) is 0 Å². The number of hydrogen-bond donors (Lipinski definition) is 0. The number of piperazine rings is 1. The van der Waals surface area contributed by atoms with E-state index in [0.29, 0.717) is 32.5 Å². The first-order chi connectivity index (χ1) is 13.0. The fraction of sp³-hybridized carbons (Fsp3) is 0.571. The minimum atomic E-state index is -0.338. The predicted octanol–water partition coefficient (Wildman–Crippen LogP) is 2.37. The average Bonchev–Trinajstić information content (AvgIpc) is 3.09. The molecule has 1 aromatic rings. The molecule has 27 heavy (non-hydrogen) atoms. The van der Waals surface area contributed by atoms with Crippen LogP contribution in [-0.4, -0.2) is 55.3 Å². The molecule has 1 amide bonds. The standard InChI is InChI=1S/C21H28N2O4/c1-3-20(25)23-11-9-22(10-12-23)18-8-6-5-7-16(18)17-13-15(14-19(17)24)21(26)27-4-2/h5-8,15,17H,3-4,9-14H2,1-2H3/t15-,17+/m1/s1. The minimum absolute atomic E-state index is 0.111. The highest BCUT2D eigenvalue weighted by atomic mass is 16.5. The van der Waals surface area contributed by atoms with Crippen molar-refractivity contribution < 1.29 is 19.1 Å². The van der Waals surface area contributed by atoms with E-state index in [0.717, 1.165) is 24.3 Å². The number of para-hydroxylation sites is 1. The van der Waals surface area contributed by atoms with Gasteiger partial charge in [0.25, 0.3) is 0 Å². The van der Waals surface area contributed by atoms with E-state index in [4.69, 9.17) is 4.74 Å². The monoisotopic (exact) mass is 372 g/mol. The van der Waals surface area contributed by atoms with Crippen molar-refractivity contribution in [2.75, 3.05) is 37.7 Å². The molecular formula is C21H28N2O4. The molecule has 146 valence electrons. The van der Waals surface area contributed by atoms with Crippen molar-refractivity contribution in [3.05, 3.63) is 29.8 Å². The molecule has 2 aliphatic rings. The SMILES string of the molecule is CCOC(=O)[C@H]1CC(=O)[C@H](c2ccccc2N2CCN(C(=O)CC)CC2)C1. The number of nitrogens with zero attached hydrogens (tertiary/aromatic N) is 2. The number of carbonyl (C=O) groups is 3. The van der Waals surface area contributed by atoms with Crippen molar-refractivity contribution in [2.24, 2.45) is 5.92 Å². The third-order valence-corrected chi connectivity index (χ3v) is 5.56. The number of rotatable bonds is 5. The van der Waals surface area contributed by atoms with E-state index in [1.165, 1.54) is 0 Å². The molecule has 1 aromatic carbocycles. The van der Waals surface area contributed by atoms with E-state index in [2.05, 4.69) is 4.90 Å². The summed E-state index contributed by atoms with van der Waals surface area (Å²) < 4.78 is 5.11. The Labute approximate surface area is 160 Å². The smallest absolute Gasteiger partial charge is 0.309 e. The van der Waals surface area contributed by atoms with E-state index >= 15 is 0 Å². The Bertz CT molecular complexity index is 710. The summed E-state index contributed by atoms with van der Waals surface area (Å²) in [5.74, 6) is -0.565. The largest absolute Gasteiger partial charge is 0.466 e. The molecule has 6 heteroatoms. The quantitative estimate of drug-likeness (QED) is 0.743. The number of Topliss-reactive ketones (excluding diaryl/α,β-unsaturated/α-hetero) is 1. The van der Waals surface area contributed by atoms with Crippen molar-refractivity contribution in [3.63, 3.8) is 0 Å². The summed E-state index contributed by atoms with van der Waals surface area (Å²) in [6, 6.07) is 7.96. The molecule has 0 spiro atoms. The lowest BCUT2D eigenvalue weighted by Gasteiger charge is -2.37. The van der Waals surface area contributed by atoms with Gasteiger partial charge in [-0.15, -0.1) is 0 Å². The van der Waals surface area contributed by atoms with E-state index in [1.54, 1.807) is 6.92 Å². The molecule has 1 aliphatic heterocycles. The Morgan fingerprint density at radius 2 is 1.81 bits per heavy atom. The van der Waals surface area contributed by atoms with Gasteiger partial charge in [0, 0.05) is 50.6 Å². The van der Waals surface area contributed by atoms with E-state index < -0.39 is 0 Å². The van der Waals surface area contributed by atoms with Gasteiger partial charge in [0.15, 0.2) is 0 Å². The van der Waals surface area contributed by atoms with Crippen LogP contribution in [0.5, 0.6) is 0 Å². The summed E-state index contributed by atoms with van der Waals surface area (Å²) in [5.41, 5.74) is 2.04. The molecule has 0 radical (unpaired) electrons. The van der Waals surface area contributed by atoms with Gasteiger partial charge in [0.2, 0.25) is 5.91 Å². The molecule has 1 saturated heterocycles. The zero-order valence-corrected chi connectivity index (χ0v) is 16.1. The van der Waals surface area contributed by atoms with Gasteiger partial charge in [-0.3, -0.25) is 14.4 Å². The lowest BCUT2D eigenvalue weighted by Crippen LogP contribution is -2.49. The van der Waals surface area contributed by atoms with Crippen molar-refractivity contribution in [1.29, 1.82) is 0 Å². The number of ketones is 1. The molecule has 0 aromatic heterocycles. The Hall–Kier alpha value is -2.37. The number of benzene rings is 1. The van der Waals surface area contributed by atoms with Crippen LogP contribution in [0.1, 0.15) is 44.6 Å². The first-order valence-electron chi connectivity index (χ1n) is 9.86. The van der Waals surface area contributed by atoms with Crippen LogP contribution in [0.15, 0.2) is 24.3 Å². The molecule has 6 nitrogen and oxygen atoms in total. The highest BCUT2D eigenvalue weighted by Crippen LogP contribution is 2.40. The van der Waals surface area contributed by atoms with Crippen LogP contribution in [-0.2, 0) is 19.1 Å². The van der Waals surface area contributed by atoms with Crippen LogP contribution in [0, 0.1) is 5.92 Å². The zero-order chi connectivity index (χ0) is 19.4. The van der Waals surface area contributed by atoms with Gasteiger partial charge in [-0.1, -0.05) is 25.1 Å². The van der Waals surface area contributed by atoms with E-state index in [1.807, 2.05) is 36.1 Å². The number of amides is 1. The molecule has 1 aliphatic carbocycles. The van der Waals surface area contributed by atoms with Crippen LogP contribution in [0.2, 0.25) is 0 Å². The van der Waals surface area contributed by atoms with Crippen LogP contribution < -0.4 is 4.90 Å². The molecule has 0 unspecified atom stereocenters. The van der Waals surface area contributed by atoms with Gasteiger partial charge in [-0.05, 0) is 25.0 Å². The molecule has 0 N–H and O–H groups in total. The molecule has 3 rings (SSSR count). The topological polar surface area (TPSA) is 66.9 Å². The number of hydrogen-bond acceptors (Lipinski definition) is 5. The van der Waals surface area contributed by atoms with Gasteiger partial charge in [-0.2, -0.15) is 0 Å². The van der Waals surface area contributed by atoms with Crippen LogP contribution in [0.3, 0.4) is 0 Å². The summed E-state index contributed by atoms with van der Waals surface area (Å²) in [6.07, 6.45) is 1.31. The van der Waals surface area contributed by atoms with E-state index in [9.17, 15) is 14.4 Å².